The highest BCUT2D eigenvalue weighted by molar-refractivity contribution is 6.31. The number of aromatic carboxylic acids is 1. The Balaban J connectivity index is 3.17. The highest BCUT2D eigenvalue weighted by Crippen LogP contribution is 2.24. The summed E-state index contributed by atoms with van der Waals surface area (Å²) in [5.41, 5.74) is -0.735. The molecule has 0 saturated carbocycles. The zero-order chi connectivity index (χ0) is 9.30. The Kier molecular flexibility index (Phi) is 2.01. The molecule has 0 aliphatic rings. The van der Waals surface area contributed by atoms with E-state index in [1.54, 1.807) is 0 Å². The first-order valence-corrected chi connectivity index (χ1v) is 3.16. The smallest absolute Gasteiger partial charge is 0.352 e. The number of hydrogen-bond acceptors (Lipinski definition) is 3. The minimum atomic E-state index is -1.29. The van der Waals surface area contributed by atoms with Gasteiger partial charge < -0.3 is 10.1 Å². The van der Waals surface area contributed by atoms with Gasteiger partial charge >= 0.3 is 11.7 Å². The SMILES string of the molecule is O=C(O)c1cc([N+](=O)[O-])c(Cl)[nH]1. The zero-order valence-electron chi connectivity index (χ0n) is 5.57. The zero-order valence-corrected chi connectivity index (χ0v) is 6.33. The van der Waals surface area contributed by atoms with E-state index in [0.29, 0.717) is 0 Å². The average Bonchev–Trinajstić information content (AvgIpc) is 2.30. The van der Waals surface area contributed by atoms with Gasteiger partial charge in [-0.15, -0.1) is 0 Å². The summed E-state index contributed by atoms with van der Waals surface area (Å²) in [5, 5.41) is 18.3. The molecule has 0 saturated heterocycles. The number of carboxylic acids is 1. The molecule has 0 aliphatic carbocycles. The molecule has 0 spiro atoms. The van der Waals surface area contributed by atoms with Crippen LogP contribution in [0.5, 0.6) is 0 Å². The summed E-state index contributed by atoms with van der Waals surface area (Å²) in [7, 11) is 0. The fourth-order valence-electron chi connectivity index (χ4n) is 0.666. The van der Waals surface area contributed by atoms with E-state index >= 15 is 0 Å². The maximum atomic E-state index is 10.3. The van der Waals surface area contributed by atoms with Crippen molar-refractivity contribution in [1.82, 2.24) is 4.98 Å². The van der Waals surface area contributed by atoms with Gasteiger partial charge in [-0.1, -0.05) is 11.6 Å². The summed E-state index contributed by atoms with van der Waals surface area (Å²) in [4.78, 5) is 21.8. The van der Waals surface area contributed by atoms with Crippen LogP contribution in [-0.2, 0) is 0 Å². The second-order valence-electron chi connectivity index (χ2n) is 1.94. The van der Waals surface area contributed by atoms with Crippen molar-refractivity contribution in [2.45, 2.75) is 0 Å². The molecule has 6 nitrogen and oxygen atoms in total. The van der Waals surface area contributed by atoms with Gasteiger partial charge in [0.1, 0.15) is 5.69 Å². The lowest BCUT2D eigenvalue weighted by atomic mass is 10.4. The van der Waals surface area contributed by atoms with E-state index in [1.807, 2.05) is 0 Å². The Morgan fingerprint density at radius 1 is 1.75 bits per heavy atom. The fourth-order valence-corrected chi connectivity index (χ4v) is 0.892. The molecule has 0 unspecified atom stereocenters. The number of nitro groups is 1. The number of nitrogens with zero attached hydrogens (tertiary/aromatic N) is 1. The number of carbonyl (C=O) groups is 1. The monoisotopic (exact) mass is 190 g/mol. The van der Waals surface area contributed by atoms with Gasteiger partial charge in [-0.2, -0.15) is 0 Å². The number of halogens is 1. The van der Waals surface area contributed by atoms with Crippen LogP contribution in [0.1, 0.15) is 10.5 Å². The van der Waals surface area contributed by atoms with Crippen LogP contribution in [-0.4, -0.2) is 21.0 Å². The van der Waals surface area contributed by atoms with Gasteiger partial charge in [0.25, 0.3) is 0 Å². The second kappa shape index (κ2) is 2.82. The molecule has 12 heavy (non-hydrogen) atoms. The van der Waals surface area contributed by atoms with Gasteiger partial charge in [0, 0.05) is 0 Å². The molecule has 0 radical (unpaired) electrons. The summed E-state index contributed by atoms with van der Waals surface area (Å²) in [5.74, 6) is -1.29. The summed E-state index contributed by atoms with van der Waals surface area (Å²) in [6, 6.07) is 0.866. The molecule has 0 fully saturated rings. The highest BCUT2D eigenvalue weighted by Gasteiger charge is 2.19. The fraction of sp³-hybridized carbons (Fsp3) is 0. The van der Waals surface area contributed by atoms with E-state index in [-0.39, 0.29) is 10.8 Å². The Labute approximate surface area is 70.9 Å². The third-order valence-electron chi connectivity index (χ3n) is 1.18. The molecule has 0 amide bonds. The first-order chi connectivity index (χ1) is 5.52. The predicted octanol–water partition coefficient (Wildman–Crippen LogP) is 1.27. The standard InChI is InChI=1S/C5H3ClN2O4/c6-4-3(8(11)12)1-2(7-4)5(9)10/h1,7H,(H,9,10). The maximum absolute atomic E-state index is 10.3. The van der Waals surface area contributed by atoms with Crippen molar-refractivity contribution >= 4 is 23.3 Å². The minimum absolute atomic E-state index is 0.280. The molecule has 0 aromatic carbocycles. The Morgan fingerprint density at radius 2 is 2.33 bits per heavy atom. The summed E-state index contributed by atoms with van der Waals surface area (Å²) in [6.45, 7) is 0. The van der Waals surface area contributed by atoms with Crippen LogP contribution >= 0.6 is 11.6 Å². The van der Waals surface area contributed by atoms with E-state index in [4.69, 9.17) is 16.7 Å². The summed E-state index contributed by atoms with van der Waals surface area (Å²) in [6.07, 6.45) is 0. The summed E-state index contributed by atoms with van der Waals surface area (Å²) >= 11 is 5.32. The number of nitrogens with one attached hydrogen (secondary N) is 1. The molecule has 0 bridgehead atoms. The third-order valence-corrected chi connectivity index (χ3v) is 1.47. The maximum Gasteiger partial charge on any atom is 0.352 e. The molecule has 1 rings (SSSR count). The van der Waals surface area contributed by atoms with Crippen molar-refractivity contribution < 1.29 is 14.8 Å². The van der Waals surface area contributed by atoms with Crippen LogP contribution in [0.25, 0.3) is 0 Å². The van der Waals surface area contributed by atoms with E-state index in [0.717, 1.165) is 6.07 Å². The van der Waals surface area contributed by atoms with Gasteiger partial charge in [0.2, 0.25) is 0 Å². The third kappa shape index (κ3) is 1.37. The van der Waals surface area contributed by atoms with Crippen LogP contribution in [0.4, 0.5) is 5.69 Å². The Hall–Kier alpha value is -1.56. The van der Waals surface area contributed by atoms with Crippen molar-refractivity contribution in [2.75, 3.05) is 0 Å². The van der Waals surface area contributed by atoms with Gasteiger partial charge in [-0.25, -0.2) is 4.79 Å². The van der Waals surface area contributed by atoms with Crippen molar-refractivity contribution in [3.05, 3.63) is 27.0 Å². The normalized spacial score (nSPS) is 9.75. The molecule has 1 aromatic rings. The molecule has 64 valence electrons. The van der Waals surface area contributed by atoms with Crippen LogP contribution in [0, 0.1) is 10.1 Å². The number of rotatable bonds is 2. The average molecular weight is 191 g/mol. The number of aromatic amines is 1. The largest absolute Gasteiger partial charge is 0.477 e. The lowest BCUT2D eigenvalue weighted by molar-refractivity contribution is -0.384. The van der Waals surface area contributed by atoms with Crippen molar-refractivity contribution in [1.29, 1.82) is 0 Å². The lowest BCUT2D eigenvalue weighted by Crippen LogP contribution is -1.94. The minimum Gasteiger partial charge on any atom is -0.477 e. The molecule has 0 atom stereocenters. The lowest BCUT2D eigenvalue weighted by Gasteiger charge is -1.82. The Bertz CT molecular complexity index is 345. The van der Waals surface area contributed by atoms with Crippen LogP contribution in [0.3, 0.4) is 0 Å². The quantitative estimate of drug-likeness (QED) is 0.542. The van der Waals surface area contributed by atoms with E-state index in [1.165, 1.54) is 0 Å². The predicted molar refractivity (Wildman–Crippen MR) is 39.4 cm³/mol. The summed E-state index contributed by atoms with van der Waals surface area (Å²) < 4.78 is 0. The van der Waals surface area contributed by atoms with E-state index in [2.05, 4.69) is 4.98 Å². The van der Waals surface area contributed by atoms with Crippen molar-refractivity contribution in [2.24, 2.45) is 0 Å². The van der Waals surface area contributed by atoms with Gasteiger partial charge in [-0.05, 0) is 0 Å². The Morgan fingerprint density at radius 3 is 2.58 bits per heavy atom. The number of hydrogen-bond donors (Lipinski definition) is 2. The van der Waals surface area contributed by atoms with E-state index < -0.39 is 16.6 Å². The van der Waals surface area contributed by atoms with Gasteiger partial charge in [0.15, 0.2) is 5.15 Å². The molecule has 2 N–H and O–H groups in total. The molecule has 1 heterocycles. The van der Waals surface area contributed by atoms with Gasteiger partial charge in [0.05, 0.1) is 11.0 Å². The van der Waals surface area contributed by atoms with Crippen molar-refractivity contribution in [3.63, 3.8) is 0 Å². The van der Waals surface area contributed by atoms with Crippen LogP contribution in [0.15, 0.2) is 6.07 Å². The number of aromatic nitrogens is 1. The first-order valence-electron chi connectivity index (χ1n) is 2.78. The first kappa shape index (κ1) is 8.54. The van der Waals surface area contributed by atoms with E-state index in [9.17, 15) is 14.9 Å². The molecular formula is C5H3ClN2O4. The molecular weight excluding hydrogens is 188 g/mol. The highest BCUT2D eigenvalue weighted by atomic mass is 35.5. The molecule has 1 aromatic heterocycles. The molecule has 0 aliphatic heterocycles. The second-order valence-corrected chi connectivity index (χ2v) is 2.32. The van der Waals surface area contributed by atoms with Gasteiger partial charge in [-0.3, -0.25) is 10.1 Å². The molecule has 7 heteroatoms. The topological polar surface area (TPSA) is 96.2 Å². The van der Waals surface area contributed by atoms with Crippen LogP contribution in [0.2, 0.25) is 5.15 Å². The van der Waals surface area contributed by atoms with Crippen molar-refractivity contribution in [3.8, 4) is 0 Å². The number of carboxylic acid groups (broad SMARTS) is 1. The number of H-pyrrole nitrogens is 1. The van der Waals surface area contributed by atoms with Crippen LogP contribution < -0.4 is 0 Å².